The van der Waals surface area contributed by atoms with Gasteiger partial charge in [-0.25, -0.2) is 0 Å². The topological polar surface area (TPSA) is 83.8 Å². The minimum absolute atomic E-state index is 0.516. The maximum absolute atomic E-state index is 5.97. The number of aromatic nitrogens is 3. The van der Waals surface area contributed by atoms with E-state index in [4.69, 9.17) is 5.73 Å². The number of likely N-dealkylation sites (N-methyl/N-ethyl adjacent to an activating group) is 1. The smallest absolute Gasteiger partial charge is 0.188 e. The summed E-state index contributed by atoms with van der Waals surface area (Å²) in [5.41, 5.74) is 6.83. The Morgan fingerprint density at radius 2 is 2.35 bits per heavy atom. The van der Waals surface area contributed by atoms with Crippen molar-refractivity contribution >= 4 is 11.6 Å². The highest BCUT2D eigenvalue weighted by Crippen LogP contribution is 2.16. The first-order valence-corrected chi connectivity index (χ1v) is 8.34. The van der Waals surface area contributed by atoms with Gasteiger partial charge in [-0.3, -0.25) is 14.3 Å². The van der Waals surface area contributed by atoms with Crippen LogP contribution in [0.3, 0.4) is 0 Å². The molecule has 1 fully saturated rings. The van der Waals surface area contributed by atoms with E-state index >= 15 is 0 Å². The number of pyridine rings is 1. The minimum atomic E-state index is 0.516. The van der Waals surface area contributed by atoms with E-state index in [1.807, 2.05) is 28.8 Å². The molecule has 0 aromatic carbocycles. The van der Waals surface area contributed by atoms with E-state index in [0.29, 0.717) is 18.5 Å². The Morgan fingerprint density at radius 3 is 3.22 bits per heavy atom. The number of guanidine groups is 1. The molecule has 124 valence electrons. The lowest BCUT2D eigenvalue weighted by molar-refractivity contribution is 0.273. The molecule has 1 atom stereocenters. The van der Waals surface area contributed by atoms with Crippen LogP contribution in [0.1, 0.15) is 25.6 Å². The Kier molecular flexibility index (Phi) is 5.07. The highest BCUT2D eigenvalue weighted by atomic mass is 15.2. The van der Waals surface area contributed by atoms with Crippen LogP contribution in [0.25, 0.3) is 5.65 Å². The number of nitrogens with one attached hydrogen (secondary N) is 1. The van der Waals surface area contributed by atoms with E-state index < -0.39 is 0 Å². The largest absolute Gasteiger partial charge is 0.370 e. The molecule has 1 unspecified atom stereocenters. The Hall–Kier alpha value is -2.15. The van der Waals surface area contributed by atoms with Gasteiger partial charge < -0.3 is 11.1 Å². The molecule has 23 heavy (non-hydrogen) atoms. The molecule has 1 aliphatic heterocycles. The molecule has 1 aliphatic rings. The van der Waals surface area contributed by atoms with Crippen molar-refractivity contribution in [2.75, 3.05) is 26.2 Å². The Morgan fingerprint density at radius 1 is 1.43 bits per heavy atom. The minimum Gasteiger partial charge on any atom is -0.370 e. The Bertz CT molecular complexity index is 663. The lowest BCUT2D eigenvalue weighted by atomic mass is 10.2. The first-order valence-electron chi connectivity index (χ1n) is 8.34. The second kappa shape index (κ2) is 7.41. The van der Waals surface area contributed by atoms with Crippen LogP contribution < -0.4 is 11.1 Å². The number of nitrogens with zero attached hydrogens (tertiary/aromatic N) is 5. The molecule has 3 N–H and O–H groups in total. The third-order valence-corrected chi connectivity index (χ3v) is 4.42. The summed E-state index contributed by atoms with van der Waals surface area (Å²) in [7, 11) is 0. The van der Waals surface area contributed by atoms with Gasteiger partial charge in [0, 0.05) is 25.2 Å². The van der Waals surface area contributed by atoms with Crippen LogP contribution in [0.5, 0.6) is 0 Å². The van der Waals surface area contributed by atoms with E-state index in [0.717, 1.165) is 31.0 Å². The number of fused-ring (bicyclic) bond motifs is 1. The third kappa shape index (κ3) is 3.79. The van der Waals surface area contributed by atoms with E-state index in [1.54, 1.807) is 0 Å². The highest BCUT2D eigenvalue weighted by molar-refractivity contribution is 5.77. The van der Waals surface area contributed by atoms with Crippen LogP contribution in [-0.4, -0.2) is 57.7 Å². The zero-order valence-electron chi connectivity index (χ0n) is 13.6. The summed E-state index contributed by atoms with van der Waals surface area (Å²) >= 11 is 0. The molecule has 1 saturated heterocycles. The summed E-state index contributed by atoms with van der Waals surface area (Å²) in [6.07, 6.45) is 5.21. The average molecular weight is 315 g/mol. The fourth-order valence-electron chi connectivity index (χ4n) is 3.14. The number of hydrogen-bond acceptors (Lipinski definition) is 4. The van der Waals surface area contributed by atoms with Gasteiger partial charge in [0.1, 0.15) is 5.82 Å². The van der Waals surface area contributed by atoms with Crippen molar-refractivity contribution in [2.45, 2.75) is 32.2 Å². The summed E-state index contributed by atoms with van der Waals surface area (Å²) in [6, 6.07) is 6.42. The normalized spacial score (nSPS) is 19.5. The molecule has 3 heterocycles. The molecule has 0 radical (unpaired) electrons. The van der Waals surface area contributed by atoms with E-state index in [9.17, 15) is 0 Å². The third-order valence-electron chi connectivity index (χ3n) is 4.42. The van der Waals surface area contributed by atoms with Crippen molar-refractivity contribution < 1.29 is 0 Å². The molecule has 0 bridgehead atoms. The molecule has 7 heteroatoms. The summed E-state index contributed by atoms with van der Waals surface area (Å²) in [5.74, 6) is 1.44. The number of rotatable bonds is 6. The van der Waals surface area contributed by atoms with Gasteiger partial charge in [-0.05, 0) is 38.1 Å². The second-order valence-electron chi connectivity index (χ2n) is 5.87. The van der Waals surface area contributed by atoms with Crippen LogP contribution in [0.15, 0.2) is 29.4 Å². The number of hydrogen-bond donors (Lipinski definition) is 2. The van der Waals surface area contributed by atoms with Gasteiger partial charge in [-0.2, -0.15) is 0 Å². The molecular weight excluding hydrogens is 290 g/mol. The van der Waals surface area contributed by atoms with Gasteiger partial charge in [0.2, 0.25) is 0 Å². The molecule has 2 aromatic heterocycles. The quantitative estimate of drug-likeness (QED) is 0.604. The van der Waals surface area contributed by atoms with Crippen LogP contribution in [-0.2, 0) is 6.42 Å². The van der Waals surface area contributed by atoms with Gasteiger partial charge in [-0.15, -0.1) is 10.2 Å². The van der Waals surface area contributed by atoms with Gasteiger partial charge in [0.05, 0.1) is 6.54 Å². The molecule has 0 saturated carbocycles. The molecule has 2 aromatic rings. The first kappa shape index (κ1) is 15.7. The summed E-state index contributed by atoms with van der Waals surface area (Å²) in [6.45, 7) is 5.96. The zero-order valence-corrected chi connectivity index (χ0v) is 13.6. The number of aliphatic imine (C=N–C) groups is 1. The summed E-state index contributed by atoms with van der Waals surface area (Å²) in [5, 5.41) is 11.5. The summed E-state index contributed by atoms with van der Waals surface area (Å²) in [4.78, 5) is 6.96. The van der Waals surface area contributed by atoms with E-state index in [-0.39, 0.29) is 0 Å². The number of likely N-dealkylation sites (tertiary alicyclic amines) is 1. The van der Waals surface area contributed by atoms with Gasteiger partial charge >= 0.3 is 0 Å². The fourth-order valence-corrected chi connectivity index (χ4v) is 3.14. The van der Waals surface area contributed by atoms with E-state index in [2.05, 4.69) is 32.3 Å². The molecule has 0 spiro atoms. The second-order valence-corrected chi connectivity index (χ2v) is 5.87. The van der Waals surface area contributed by atoms with Crippen molar-refractivity contribution in [2.24, 2.45) is 10.7 Å². The standard InChI is InChI=1S/C16H25N7/c1-2-22-10-5-6-13(22)12-19-16(17)18-9-8-15-21-20-14-7-3-4-11-23(14)15/h3-4,7,11,13H,2,5-6,8-10,12H2,1H3,(H3,17,18,19). The van der Waals surface area contributed by atoms with E-state index in [1.165, 1.54) is 19.4 Å². The van der Waals surface area contributed by atoms with Crippen LogP contribution in [0.2, 0.25) is 0 Å². The van der Waals surface area contributed by atoms with Gasteiger partial charge in [0.15, 0.2) is 11.6 Å². The summed E-state index contributed by atoms with van der Waals surface area (Å²) < 4.78 is 1.99. The van der Waals surface area contributed by atoms with Gasteiger partial charge in [-0.1, -0.05) is 13.0 Å². The average Bonchev–Trinajstić information content (AvgIpc) is 3.19. The predicted molar refractivity (Wildman–Crippen MR) is 91.5 cm³/mol. The Labute approximate surface area is 136 Å². The fraction of sp³-hybridized carbons (Fsp3) is 0.562. The molecule has 0 aliphatic carbocycles. The maximum atomic E-state index is 5.97. The van der Waals surface area contributed by atoms with Gasteiger partial charge in [0.25, 0.3) is 0 Å². The van der Waals surface area contributed by atoms with Crippen LogP contribution in [0.4, 0.5) is 0 Å². The molecule has 0 amide bonds. The predicted octanol–water partition coefficient (Wildman–Crippen LogP) is 0.660. The van der Waals surface area contributed by atoms with Crippen molar-refractivity contribution in [3.63, 3.8) is 0 Å². The lowest BCUT2D eigenvalue weighted by Gasteiger charge is -2.20. The molecule has 3 rings (SSSR count). The molecule has 7 nitrogen and oxygen atoms in total. The molecular formula is C16H25N7. The number of nitrogens with two attached hydrogens (primary N) is 1. The highest BCUT2D eigenvalue weighted by Gasteiger charge is 2.22. The van der Waals surface area contributed by atoms with Crippen molar-refractivity contribution in [3.05, 3.63) is 30.2 Å². The zero-order chi connectivity index (χ0) is 16.1. The van der Waals surface area contributed by atoms with Crippen molar-refractivity contribution in [3.8, 4) is 0 Å². The first-order chi connectivity index (χ1) is 11.3. The van der Waals surface area contributed by atoms with Crippen molar-refractivity contribution in [1.82, 2.24) is 24.8 Å². The lowest BCUT2D eigenvalue weighted by Crippen LogP contribution is -2.36. The SMILES string of the molecule is CCN1CCCC1CN=C(N)NCCc1nnc2ccccn12. The Balaban J connectivity index is 1.47. The monoisotopic (exact) mass is 315 g/mol. The maximum Gasteiger partial charge on any atom is 0.188 e. The van der Waals surface area contributed by atoms with Crippen LogP contribution in [0, 0.1) is 0 Å². The van der Waals surface area contributed by atoms with Crippen LogP contribution >= 0.6 is 0 Å². The van der Waals surface area contributed by atoms with Crippen molar-refractivity contribution in [1.29, 1.82) is 0 Å².